The number of carbonyl (C=O) groups excluding carboxylic acids is 1. The molecule has 2 unspecified atom stereocenters. The maximum Gasteiger partial charge on any atom is 0.178 e. The molecule has 2 atom stereocenters. The Morgan fingerprint density at radius 3 is 2.52 bits per heavy atom. The van der Waals surface area contributed by atoms with Gasteiger partial charge >= 0.3 is 0 Å². The summed E-state index contributed by atoms with van der Waals surface area (Å²) in [5.74, 6) is 0.343. The van der Waals surface area contributed by atoms with Gasteiger partial charge in [0.15, 0.2) is 5.78 Å². The Hall–Kier alpha value is -2.95. The number of aromatic nitrogens is 3. The fourth-order valence-corrected chi connectivity index (χ4v) is 3.18. The van der Waals surface area contributed by atoms with Gasteiger partial charge in [-0.15, -0.1) is 0 Å². The maximum atomic E-state index is 13.1. The van der Waals surface area contributed by atoms with Crippen LogP contribution in [0.4, 0.5) is 5.69 Å². The molecule has 0 radical (unpaired) electrons. The van der Waals surface area contributed by atoms with E-state index in [1.807, 2.05) is 61.6 Å². The number of ketones is 1. The highest BCUT2D eigenvalue weighted by atomic mass is 16.1. The number of fused-ring (bicyclic) bond motifs is 1. The molecule has 1 aromatic heterocycles. The fraction of sp³-hybridized carbons (Fsp3) is 0.167. The average molecular weight is 304 g/mol. The fourth-order valence-electron chi connectivity index (χ4n) is 3.18. The van der Waals surface area contributed by atoms with Gasteiger partial charge in [-0.3, -0.25) is 9.48 Å². The Balaban J connectivity index is 1.89. The first kappa shape index (κ1) is 13.7. The van der Waals surface area contributed by atoms with E-state index in [-0.39, 0.29) is 11.8 Å². The molecule has 2 aromatic carbocycles. The number of aryl methyl sites for hydroxylation is 1. The van der Waals surface area contributed by atoms with Crippen molar-refractivity contribution in [2.45, 2.75) is 12.0 Å². The molecule has 0 saturated carbocycles. The van der Waals surface area contributed by atoms with Gasteiger partial charge in [-0.1, -0.05) is 42.5 Å². The van der Waals surface area contributed by atoms with E-state index >= 15 is 0 Å². The summed E-state index contributed by atoms with van der Waals surface area (Å²) in [5.41, 5.74) is 2.63. The third kappa shape index (κ3) is 2.21. The van der Waals surface area contributed by atoms with Crippen molar-refractivity contribution in [3.05, 3.63) is 77.9 Å². The number of para-hydroxylation sites is 1. The van der Waals surface area contributed by atoms with Gasteiger partial charge in [-0.2, -0.15) is 5.10 Å². The second kappa shape index (κ2) is 5.35. The Kier molecular flexibility index (Phi) is 3.19. The van der Waals surface area contributed by atoms with E-state index in [0.29, 0.717) is 11.4 Å². The van der Waals surface area contributed by atoms with Crippen molar-refractivity contribution in [1.29, 1.82) is 0 Å². The second-order valence-corrected chi connectivity index (χ2v) is 5.66. The summed E-state index contributed by atoms with van der Waals surface area (Å²) in [7, 11) is 1.82. The van der Waals surface area contributed by atoms with Gasteiger partial charge < -0.3 is 5.32 Å². The Labute approximate surface area is 134 Å². The summed E-state index contributed by atoms with van der Waals surface area (Å²) < 4.78 is 1.67. The molecule has 0 amide bonds. The third-order valence-electron chi connectivity index (χ3n) is 4.30. The van der Waals surface area contributed by atoms with Gasteiger partial charge in [0.1, 0.15) is 18.1 Å². The minimum absolute atomic E-state index is 0.0734. The largest absolute Gasteiger partial charge is 0.376 e. The van der Waals surface area contributed by atoms with Gasteiger partial charge in [0.25, 0.3) is 0 Å². The summed E-state index contributed by atoms with van der Waals surface area (Å²) in [5, 5.41) is 7.64. The summed E-state index contributed by atoms with van der Waals surface area (Å²) >= 11 is 0. The molecule has 3 aromatic rings. The van der Waals surface area contributed by atoms with Crippen molar-refractivity contribution in [2.24, 2.45) is 7.05 Å². The van der Waals surface area contributed by atoms with Crippen LogP contribution in [0.25, 0.3) is 0 Å². The molecule has 0 spiro atoms. The van der Waals surface area contributed by atoms with E-state index in [4.69, 9.17) is 0 Å². The van der Waals surface area contributed by atoms with Crippen LogP contribution in [0.2, 0.25) is 0 Å². The zero-order chi connectivity index (χ0) is 15.8. The van der Waals surface area contributed by atoms with E-state index in [0.717, 1.165) is 11.3 Å². The number of benzene rings is 2. The number of rotatable bonds is 2. The monoisotopic (exact) mass is 304 g/mol. The first-order chi connectivity index (χ1) is 11.3. The van der Waals surface area contributed by atoms with Crippen LogP contribution in [-0.4, -0.2) is 20.5 Å². The van der Waals surface area contributed by atoms with Crippen molar-refractivity contribution >= 4 is 11.5 Å². The molecule has 1 N–H and O–H groups in total. The van der Waals surface area contributed by atoms with Gasteiger partial charge in [0.2, 0.25) is 0 Å². The maximum absolute atomic E-state index is 13.1. The smallest absolute Gasteiger partial charge is 0.178 e. The minimum Gasteiger partial charge on any atom is -0.376 e. The first-order valence-corrected chi connectivity index (χ1v) is 7.54. The molecule has 4 rings (SSSR count). The first-order valence-electron chi connectivity index (χ1n) is 7.54. The molecule has 1 aliphatic heterocycles. The van der Waals surface area contributed by atoms with Crippen molar-refractivity contribution in [3.63, 3.8) is 0 Å². The highest BCUT2D eigenvalue weighted by Crippen LogP contribution is 2.41. The predicted octanol–water partition coefficient (Wildman–Crippen LogP) is 2.95. The number of Topliss-reactive ketones (excluding diaryl/α,β-unsaturated/α-hetero) is 1. The molecule has 0 bridgehead atoms. The lowest BCUT2D eigenvalue weighted by molar-refractivity contribution is 0.0939. The summed E-state index contributed by atoms with van der Waals surface area (Å²) in [6.45, 7) is 0. The molecule has 2 heterocycles. The van der Waals surface area contributed by atoms with Gasteiger partial charge in [0.05, 0.1) is 6.04 Å². The molecule has 0 fully saturated rings. The number of hydrogen-bond donors (Lipinski definition) is 1. The van der Waals surface area contributed by atoms with E-state index in [9.17, 15) is 4.79 Å². The zero-order valence-corrected chi connectivity index (χ0v) is 12.7. The lowest BCUT2D eigenvalue weighted by atomic mass is 9.82. The molecular weight excluding hydrogens is 288 g/mol. The zero-order valence-electron chi connectivity index (χ0n) is 12.7. The van der Waals surface area contributed by atoms with E-state index in [2.05, 4.69) is 15.4 Å². The third-order valence-corrected chi connectivity index (χ3v) is 4.30. The van der Waals surface area contributed by atoms with Crippen LogP contribution >= 0.6 is 0 Å². The van der Waals surface area contributed by atoms with Crippen LogP contribution in [0, 0.1) is 0 Å². The predicted molar refractivity (Wildman–Crippen MR) is 87.3 cm³/mol. The van der Waals surface area contributed by atoms with Gasteiger partial charge in [-0.25, -0.2) is 4.98 Å². The van der Waals surface area contributed by atoms with Crippen molar-refractivity contribution in [1.82, 2.24) is 14.8 Å². The van der Waals surface area contributed by atoms with Crippen LogP contribution < -0.4 is 5.32 Å². The normalized spacial score (nSPS) is 20.0. The Morgan fingerprint density at radius 1 is 1.04 bits per heavy atom. The van der Waals surface area contributed by atoms with Crippen LogP contribution in [0.1, 0.15) is 33.7 Å². The van der Waals surface area contributed by atoms with Crippen LogP contribution in [0.3, 0.4) is 0 Å². The van der Waals surface area contributed by atoms with Gasteiger partial charge in [0, 0.05) is 18.3 Å². The minimum atomic E-state index is -0.403. The molecule has 5 nitrogen and oxygen atoms in total. The molecule has 23 heavy (non-hydrogen) atoms. The lowest BCUT2D eigenvalue weighted by Crippen LogP contribution is -2.33. The second-order valence-electron chi connectivity index (χ2n) is 5.66. The Morgan fingerprint density at radius 2 is 1.78 bits per heavy atom. The number of nitrogens with one attached hydrogen (secondary N) is 1. The molecule has 114 valence electrons. The number of nitrogens with zero attached hydrogens (tertiary/aromatic N) is 3. The van der Waals surface area contributed by atoms with Gasteiger partial charge in [-0.05, 0) is 17.7 Å². The van der Waals surface area contributed by atoms with Crippen LogP contribution in [0.5, 0.6) is 0 Å². The van der Waals surface area contributed by atoms with E-state index in [1.165, 1.54) is 6.33 Å². The lowest BCUT2D eigenvalue weighted by Gasteiger charge is -2.33. The molecule has 5 heteroatoms. The topological polar surface area (TPSA) is 59.8 Å². The number of carbonyl (C=O) groups is 1. The Bertz CT molecular complexity index is 856. The average Bonchev–Trinajstić information content (AvgIpc) is 3.01. The molecule has 0 aliphatic carbocycles. The quantitative estimate of drug-likeness (QED) is 0.791. The van der Waals surface area contributed by atoms with Crippen molar-refractivity contribution in [2.75, 3.05) is 5.32 Å². The number of hydrogen-bond acceptors (Lipinski definition) is 4. The van der Waals surface area contributed by atoms with E-state index < -0.39 is 5.92 Å². The van der Waals surface area contributed by atoms with Crippen molar-refractivity contribution in [3.8, 4) is 0 Å². The highest BCUT2D eigenvalue weighted by Gasteiger charge is 2.39. The molecule has 1 aliphatic rings. The summed E-state index contributed by atoms with van der Waals surface area (Å²) in [4.78, 5) is 17.5. The van der Waals surface area contributed by atoms with Crippen LogP contribution in [-0.2, 0) is 7.05 Å². The SMILES string of the molecule is Cn1ncnc1C1C(=O)c2ccccc2NC1c1ccccc1. The highest BCUT2D eigenvalue weighted by molar-refractivity contribution is 6.07. The molecular formula is C18H16N4O. The summed E-state index contributed by atoms with van der Waals surface area (Å²) in [6, 6.07) is 17.4. The van der Waals surface area contributed by atoms with Crippen molar-refractivity contribution < 1.29 is 4.79 Å². The van der Waals surface area contributed by atoms with Crippen LogP contribution in [0.15, 0.2) is 60.9 Å². The standard InChI is InChI=1S/C18H16N4O/c1-22-18(19-11-20-22)15-16(12-7-3-2-4-8-12)21-14-10-6-5-9-13(14)17(15)23/h2-11,15-16,21H,1H3. The van der Waals surface area contributed by atoms with E-state index in [1.54, 1.807) is 4.68 Å². The molecule has 0 saturated heterocycles. The summed E-state index contributed by atoms with van der Waals surface area (Å²) in [6.07, 6.45) is 1.49. The number of anilines is 1.